The zero-order valence-electron chi connectivity index (χ0n) is 10.8. The third-order valence-electron chi connectivity index (χ3n) is 3.04. The first-order valence-electron chi connectivity index (χ1n) is 6.33. The second-order valence-corrected chi connectivity index (χ2v) is 5.31. The van der Waals surface area contributed by atoms with Gasteiger partial charge in [0.25, 0.3) is 0 Å². The van der Waals surface area contributed by atoms with E-state index in [0.29, 0.717) is 11.6 Å². The molecule has 2 rings (SSSR count). The Kier molecular flexibility index (Phi) is 3.97. The minimum absolute atomic E-state index is 0.0133. The van der Waals surface area contributed by atoms with E-state index in [-0.39, 0.29) is 17.6 Å². The van der Waals surface area contributed by atoms with E-state index < -0.39 is 0 Å². The largest absolute Gasteiger partial charge is 0.326 e. The van der Waals surface area contributed by atoms with E-state index in [1.54, 1.807) is 12.1 Å². The second-order valence-electron chi connectivity index (χ2n) is 5.31. The van der Waals surface area contributed by atoms with Gasteiger partial charge in [0.1, 0.15) is 5.82 Å². The van der Waals surface area contributed by atoms with Crippen molar-refractivity contribution in [3.05, 3.63) is 30.1 Å². The van der Waals surface area contributed by atoms with Crippen molar-refractivity contribution < 1.29 is 9.18 Å². The predicted octanol–water partition coefficient (Wildman–Crippen LogP) is 2.35. The highest BCUT2D eigenvalue weighted by Gasteiger charge is 2.32. The molecule has 1 aliphatic heterocycles. The maximum Gasteiger partial charge on any atom is 0.230 e. The van der Waals surface area contributed by atoms with Gasteiger partial charge >= 0.3 is 0 Å². The summed E-state index contributed by atoms with van der Waals surface area (Å²) in [6.45, 7) is 6.97. The number of rotatable bonds is 4. The fourth-order valence-corrected chi connectivity index (χ4v) is 2.21. The van der Waals surface area contributed by atoms with E-state index in [9.17, 15) is 9.18 Å². The molecule has 3 nitrogen and oxygen atoms in total. The van der Waals surface area contributed by atoms with Gasteiger partial charge < -0.3 is 10.2 Å². The van der Waals surface area contributed by atoms with Crippen LogP contribution in [0.3, 0.4) is 0 Å². The molecule has 0 spiro atoms. The number of hydrogen-bond donors (Lipinski definition) is 1. The third-order valence-corrected chi connectivity index (χ3v) is 3.04. The molecule has 4 heteroatoms. The summed E-state index contributed by atoms with van der Waals surface area (Å²) in [4.78, 5) is 14.1. The lowest BCUT2D eigenvalue weighted by Gasteiger charge is -2.39. The van der Waals surface area contributed by atoms with E-state index in [2.05, 4.69) is 24.1 Å². The van der Waals surface area contributed by atoms with Gasteiger partial charge in [0.05, 0.1) is 5.92 Å². The molecule has 0 radical (unpaired) electrons. The van der Waals surface area contributed by atoms with Gasteiger partial charge in [0.2, 0.25) is 5.91 Å². The van der Waals surface area contributed by atoms with Crippen LogP contribution >= 0.6 is 0 Å². The number of carbonyl (C=O) groups is 1. The molecule has 1 amide bonds. The monoisotopic (exact) mass is 250 g/mol. The average molecular weight is 250 g/mol. The van der Waals surface area contributed by atoms with Crippen LogP contribution in [0.4, 0.5) is 10.1 Å². The van der Waals surface area contributed by atoms with E-state index in [0.717, 1.165) is 19.6 Å². The third kappa shape index (κ3) is 3.29. The first-order valence-corrected chi connectivity index (χ1v) is 6.33. The van der Waals surface area contributed by atoms with Crippen LogP contribution in [-0.4, -0.2) is 30.4 Å². The molecule has 1 aromatic rings. The van der Waals surface area contributed by atoms with Crippen LogP contribution in [0.1, 0.15) is 13.8 Å². The lowest BCUT2D eigenvalue weighted by Crippen LogP contribution is -2.52. The van der Waals surface area contributed by atoms with Crippen molar-refractivity contribution in [3.8, 4) is 0 Å². The highest BCUT2D eigenvalue weighted by molar-refractivity contribution is 5.93. The Bertz CT molecular complexity index is 428. The second kappa shape index (κ2) is 5.48. The summed E-state index contributed by atoms with van der Waals surface area (Å²) < 4.78 is 13.0. The van der Waals surface area contributed by atoms with Crippen molar-refractivity contribution in [2.24, 2.45) is 11.8 Å². The summed E-state index contributed by atoms with van der Waals surface area (Å²) in [5.74, 6) is 0.313. The normalized spacial score (nSPS) is 16.7. The van der Waals surface area contributed by atoms with E-state index in [4.69, 9.17) is 0 Å². The molecule has 0 saturated carbocycles. The average Bonchev–Trinajstić information content (AvgIpc) is 2.22. The van der Waals surface area contributed by atoms with E-state index in [1.807, 2.05) is 0 Å². The molecule has 1 N–H and O–H groups in total. The Morgan fingerprint density at radius 3 is 2.83 bits per heavy atom. The number of amides is 1. The molecule has 1 saturated heterocycles. The van der Waals surface area contributed by atoms with Crippen molar-refractivity contribution in [2.75, 3.05) is 25.0 Å². The van der Waals surface area contributed by atoms with Crippen LogP contribution in [-0.2, 0) is 4.79 Å². The van der Waals surface area contributed by atoms with Gasteiger partial charge in [0, 0.05) is 25.3 Å². The molecule has 18 heavy (non-hydrogen) atoms. The maximum atomic E-state index is 13.0. The summed E-state index contributed by atoms with van der Waals surface area (Å²) in [6.07, 6.45) is 0. The van der Waals surface area contributed by atoms with E-state index in [1.165, 1.54) is 12.1 Å². The van der Waals surface area contributed by atoms with Crippen molar-refractivity contribution in [2.45, 2.75) is 13.8 Å². The molecule has 98 valence electrons. The van der Waals surface area contributed by atoms with Crippen LogP contribution < -0.4 is 5.32 Å². The molecular formula is C14H19FN2O. The lowest BCUT2D eigenvalue weighted by molar-refractivity contribution is -0.125. The summed E-state index contributed by atoms with van der Waals surface area (Å²) in [7, 11) is 0. The molecule has 1 heterocycles. The zero-order chi connectivity index (χ0) is 13.1. The van der Waals surface area contributed by atoms with Crippen LogP contribution in [0.25, 0.3) is 0 Å². The number of carbonyl (C=O) groups excluding carboxylic acids is 1. The number of halogens is 1. The lowest BCUT2D eigenvalue weighted by atomic mass is 9.97. The standard InChI is InChI=1S/C14H19FN2O/c1-10(2)7-17-8-11(9-17)14(18)16-13-5-3-4-12(15)6-13/h3-6,10-11H,7-9H2,1-2H3,(H,16,18). The first kappa shape index (κ1) is 13.0. The van der Waals surface area contributed by atoms with Crippen LogP contribution in [0.2, 0.25) is 0 Å². The molecule has 0 aliphatic carbocycles. The van der Waals surface area contributed by atoms with Crippen molar-refractivity contribution in [1.82, 2.24) is 4.90 Å². The van der Waals surface area contributed by atoms with Crippen LogP contribution in [0.5, 0.6) is 0 Å². The molecule has 1 aromatic carbocycles. The van der Waals surface area contributed by atoms with Crippen LogP contribution in [0.15, 0.2) is 24.3 Å². The minimum Gasteiger partial charge on any atom is -0.326 e. The number of hydrogen-bond acceptors (Lipinski definition) is 2. The number of benzene rings is 1. The fourth-order valence-electron chi connectivity index (χ4n) is 2.21. The van der Waals surface area contributed by atoms with Gasteiger partial charge in [-0.1, -0.05) is 19.9 Å². The molecule has 0 atom stereocenters. The molecule has 1 aliphatic rings. The van der Waals surface area contributed by atoms with Gasteiger partial charge in [0.15, 0.2) is 0 Å². The van der Waals surface area contributed by atoms with Crippen molar-refractivity contribution >= 4 is 11.6 Å². The van der Waals surface area contributed by atoms with Gasteiger partial charge in [-0.25, -0.2) is 4.39 Å². The molecule has 0 bridgehead atoms. The molecule has 0 unspecified atom stereocenters. The Balaban J connectivity index is 1.80. The van der Waals surface area contributed by atoms with Gasteiger partial charge in [-0.05, 0) is 24.1 Å². The Morgan fingerprint density at radius 2 is 2.22 bits per heavy atom. The van der Waals surface area contributed by atoms with Gasteiger partial charge in [-0.15, -0.1) is 0 Å². The maximum absolute atomic E-state index is 13.0. The van der Waals surface area contributed by atoms with Gasteiger partial charge in [-0.2, -0.15) is 0 Å². The SMILES string of the molecule is CC(C)CN1CC(C(=O)Nc2cccc(F)c2)C1. The Morgan fingerprint density at radius 1 is 1.50 bits per heavy atom. The van der Waals surface area contributed by atoms with E-state index >= 15 is 0 Å². The smallest absolute Gasteiger partial charge is 0.230 e. The minimum atomic E-state index is -0.331. The number of anilines is 1. The van der Waals surface area contributed by atoms with Crippen molar-refractivity contribution in [3.63, 3.8) is 0 Å². The van der Waals surface area contributed by atoms with Gasteiger partial charge in [-0.3, -0.25) is 4.79 Å². The summed E-state index contributed by atoms with van der Waals surface area (Å²) in [5.41, 5.74) is 0.530. The summed E-state index contributed by atoms with van der Waals surface area (Å²) in [6, 6.07) is 5.99. The molecule has 0 aromatic heterocycles. The Hall–Kier alpha value is -1.42. The zero-order valence-corrected chi connectivity index (χ0v) is 10.8. The Labute approximate surface area is 107 Å². The molecule has 1 fully saturated rings. The number of likely N-dealkylation sites (tertiary alicyclic amines) is 1. The topological polar surface area (TPSA) is 32.3 Å². The summed E-state index contributed by atoms with van der Waals surface area (Å²) in [5, 5.41) is 2.75. The number of nitrogens with one attached hydrogen (secondary N) is 1. The fraction of sp³-hybridized carbons (Fsp3) is 0.500. The predicted molar refractivity (Wildman–Crippen MR) is 69.8 cm³/mol. The highest BCUT2D eigenvalue weighted by atomic mass is 19.1. The van der Waals surface area contributed by atoms with Crippen molar-refractivity contribution in [1.29, 1.82) is 0 Å². The molecular weight excluding hydrogens is 231 g/mol. The highest BCUT2D eigenvalue weighted by Crippen LogP contribution is 2.19. The summed E-state index contributed by atoms with van der Waals surface area (Å²) >= 11 is 0. The first-order chi connectivity index (χ1) is 8.54. The quantitative estimate of drug-likeness (QED) is 0.889. The van der Waals surface area contributed by atoms with Crippen LogP contribution in [0, 0.1) is 17.7 Å². The number of nitrogens with zero attached hydrogens (tertiary/aromatic N) is 1.